The molecule has 0 radical (unpaired) electrons. The zero-order valence-corrected chi connectivity index (χ0v) is 19.4. The second-order valence-corrected chi connectivity index (χ2v) is 9.92. The second-order valence-electron chi connectivity index (χ2n) is 9.92. The molecule has 4 nitrogen and oxygen atoms in total. The highest BCUT2D eigenvalue weighted by Gasteiger charge is 2.57. The molecule has 0 spiro atoms. The number of methoxy groups -OCH3 is 1. The molecule has 1 aliphatic carbocycles. The largest absolute Gasteiger partial charge is 0.497 e. The Kier molecular flexibility index (Phi) is 5.01. The molecule has 1 aliphatic heterocycles. The van der Waals surface area contributed by atoms with E-state index in [-0.39, 0.29) is 5.82 Å². The summed E-state index contributed by atoms with van der Waals surface area (Å²) in [5, 5.41) is 13.4. The molecule has 1 aromatic heterocycles. The molecule has 6 rings (SSSR count). The van der Waals surface area contributed by atoms with Crippen LogP contribution in [0.5, 0.6) is 5.75 Å². The SMILES string of the molecule is COc1cccc([C@@]23CCN(Cc4ccccc4)C[C@@]2(O)Cc2c([nH]c4ccc(F)cc24)C3)c1. The average Bonchev–Trinajstić information content (AvgIpc) is 3.18. The van der Waals surface area contributed by atoms with E-state index in [1.54, 1.807) is 19.2 Å². The fourth-order valence-electron chi connectivity index (χ4n) is 6.30. The monoisotopic (exact) mass is 456 g/mol. The summed E-state index contributed by atoms with van der Waals surface area (Å²) in [6.45, 7) is 2.24. The third-order valence-corrected chi connectivity index (χ3v) is 8.01. The van der Waals surface area contributed by atoms with Gasteiger partial charge in [-0.15, -0.1) is 0 Å². The van der Waals surface area contributed by atoms with Gasteiger partial charge in [-0.25, -0.2) is 4.39 Å². The summed E-state index contributed by atoms with van der Waals surface area (Å²) in [7, 11) is 1.68. The van der Waals surface area contributed by atoms with Gasteiger partial charge in [0.2, 0.25) is 0 Å². The molecule has 0 bridgehead atoms. The maximum atomic E-state index is 14.1. The van der Waals surface area contributed by atoms with Gasteiger partial charge in [-0.05, 0) is 60.0 Å². The van der Waals surface area contributed by atoms with Crippen molar-refractivity contribution in [2.75, 3.05) is 20.2 Å². The number of likely N-dealkylation sites (tertiary alicyclic amines) is 1. The third kappa shape index (κ3) is 3.34. The lowest BCUT2D eigenvalue weighted by molar-refractivity contribution is -0.105. The first-order valence-electron chi connectivity index (χ1n) is 11.9. The smallest absolute Gasteiger partial charge is 0.123 e. The molecule has 2 heterocycles. The number of nitrogens with zero attached hydrogens (tertiary/aromatic N) is 1. The van der Waals surface area contributed by atoms with Crippen LogP contribution in [0.3, 0.4) is 0 Å². The molecule has 4 aromatic rings. The van der Waals surface area contributed by atoms with Gasteiger partial charge in [-0.1, -0.05) is 42.5 Å². The van der Waals surface area contributed by atoms with Crippen LogP contribution in [-0.4, -0.2) is 40.8 Å². The van der Waals surface area contributed by atoms with Crippen molar-refractivity contribution in [1.82, 2.24) is 9.88 Å². The molecule has 34 heavy (non-hydrogen) atoms. The summed E-state index contributed by atoms with van der Waals surface area (Å²) in [5.74, 6) is 0.547. The number of β-amino-alcohol motifs (C(OH)–C–C–N with tert-alkyl or cyclic N) is 1. The molecule has 1 fully saturated rings. The van der Waals surface area contributed by atoms with Crippen LogP contribution in [-0.2, 0) is 24.8 Å². The van der Waals surface area contributed by atoms with E-state index in [4.69, 9.17) is 4.74 Å². The Labute approximate surface area is 199 Å². The number of benzene rings is 3. The van der Waals surface area contributed by atoms with E-state index in [2.05, 4.69) is 46.3 Å². The molecule has 0 unspecified atom stereocenters. The number of piperidine rings is 1. The first-order chi connectivity index (χ1) is 16.5. The van der Waals surface area contributed by atoms with Gasteiger partial charge in [0.15, 0.2) is 0 Å². The molecule has 0 saturated carbocycles. The zero-order valence-electron chi connectivity index (χ0n) is 19.4. The number of hydrogen-bond acceptors (Lipinski definition) is 3. The van der Waals surface area contributed by atoms with E-state index < -0.39 is 11.0 Å². The molecule has 5 heteroatoms. The number of aromatic amines is 1. The first-order valence-corrected chi connectivity index (χ1v) is 11.9. The molecular formula is C29H29FN2O2. The lowest BCUT2D eigenvalue weighted by Gasteiger charge is -2.56. The van der Waals surface area contributed by atoms with Gasteiger partial charge in [0, 0.05) is 47.9 Å². The fraction of sp³-hybridized carbons (Fsp3) is 0.310. The lowest BCUT2D eigenvalue weighted by Crippen LogP contribution is -2.66. The molecule has 0 amide bonds. The van der Waals surface area contributed by atoms with E-state index in [9.17, 15) is 9.50 Å². The van der Waals surface area contributed by atoms with Gasteiger partial charge in [-0.2, -0.15) is 0 Å². The number of H-pyrrole nitrogens is 1. The molecule has 2 atom stereocenters. The number of ether oxygens (including phenoxy) is 1. The van der Waals surface area contributed by atoms with E-state index in [0.29, 0.717) is 19.4 Å². The Hall–Kier alpha value is -3.15. The minimum atomic E-state index is -0.999. The van der Waals surface area contributed by atoms with Crippen LogP contribution in [0.2, 0.25) is 0 Å². The maximum absolute atomic E-state index is 14.1. The quantitative estimate of drug-likeness (QED) is 0.455. The van der Waals surface area contributed by atoms with Crippen LogP contribution in [0.1, 0.15) is 28.8 Å². The summed E-state index contributed by atoms with van der Waals surface area (Å²) >= 11 is 0. The predicted molar refractivity (Wildman–Crippen MR) is 132 cm³/mol. The van der Waals surface area contributed by atoms with E-state index in [1.165, 1.54) is 11.6 Å². The van der Waals surface area contributed by atoms with E-state index >= 15 is 0 Å². The summed E-state index contributed by atoms with van der Waals surface area (Å²) in [6.07, 6.45) is 1.99. The number of halogens is 1. The highest BCUT2D eigenvalue weighted by atomic mass is 19.1. The molecule has 3 aromatic carbocycles. The van der Waals surface area contributed by atoms with Crippen molar-refractivity contribution >= 4 is 10.9 Å². The Balaban J connectivity index is 1.46. The van der Waals surface area contributed by atoms with Crippen molar-refractivity contribution in [1.29, 1.82) is 0 Å². The minimum absolute atomic E-state index is 0.250. The molecule has 2 aliphatic rings. The van der Waals surface area contributed by atoms with Crippen molar-refractivity contribution in [2.45, 2.75) is 36.8 Å². The number of fused-ring (bicyclic) bond motifs is 4. The van der Waals surface area contributed by atoms with Crippen molar-refractivity contribution in [3.63, 3.8) is 0 Å². The van der Waals surface area contributed by atoms with Gasteiger partial charge >= 0.3 is 0 Å². The van der Waals surface area contributed by atoms with Crippen LogP contribution in [0.15, 0.2) is 72.8 Å². The molecular weight excluding hydrogens is 427 g/mol. The van der Waals surface area contributed by atoms with Gasteiger partial charge in [0.05, 0.1) is 12.7 Å². The predicted octanol–water partition coefficient (Wildman–Crippen LogP) is 4.99. The zero-order chi connectivity index (χ0) is 23.3. The second kappa shape index (κ2) is 7.97. The van der Waals surface area contributed by atoms with Crippen molar-refractivity contribution in [3.8, 4) is 5.75 Å². The molecule has 2 N–H and O–H groups in total. The van der Waals surface area contributed by atoms with Gasteiger partial charge < -0.3 is 14.8 Å². The van der Waals surface area contributed by atoms with Crippen LogP contribution < -0.4 is 4.74 Å². The van der Waals surface area contributed by atoms with Crippen LogP contribution >= 0.6 is 0 Å². The van der Waals surface area contributed by atoms with E-state index in [1.807, 2.05) is 18.2 Å². The summed E-state index contributed by atoms with van der Waals surface area (Å²) in [5.41, 5.74) is 3.95. The number of aromatic nitrogens is 1. The Bertz CT molecular complexity index is 1350. The van der Waals surface area contributed by atoms with E-state index in [0.717, 1.165) is 53.0 Å². The minimum Gasteiger partial charge on any atom is -0.497 e. The maximum Gasteiger partial charge on any atom is 0.123 e. The Morgan fingerprint density at radius 1 is 1.03 bits per heavy atom. The third-order valence-electron chi connectivity index (χ3n) is 8.01. The van der Waals surface area contributed by atoms with Gasteiger partial charge in [-0.3, -0.25) is 4.90 Å². The van der Waals surface area contributed by atoms with Gasteiger partial charge in [0.25, 0.3) is 0 Å². The van der Waals surface area contributed by atoms with Gasteiger partial charge in [0.1, 0.15) is 11.6 Å². The van der Waals surface area contributed by atoms with Crippen molar-refractivity contribution in [3.05, 3.63) is 101 Å². The molecule has 1 saturated heterocycles. The Morgan fingerprint density at radius 2 is 1.88 bits per heavy atom. The highest BCUT2D eigenvalue weighted by Crippen LogP contribution is 2.52. The van der Waals surface area contributed by atoms with Crippen LogP contribution in [0, 0.1) is 5.82 Å². The normalized spacial score (nSPS) is 24.6. The van der Waals surface area contributed by atoms with Crippen molar-refractivity contribution < 1.29 is 14.2 Å². The number of nitrogens with one attached hydrogen (secondary N) is 1. The fourth-order valence-corrected chi connectivity index (χ4v) is 6.30. The summed E-state index contributed by atoms with van der Waals surface area (Å²) < 4.78 is 19.7. The van der Waals surface area contributed by atoms with Crippen LogP contribution in [0.4, 0.5) is 4.39 Å². The average molecular weight is 457 g/mol. The van der Waals surface area contributed by atoms with Crippen molar-refractivity contribution in [2.24, 2.45) is 0 Å². The first kappa shape index (κ1) is 21.4. The summed E-state index contributed by atoms with van der Waals surface area (Å²) in [6, 6.07) is 23.5. The lowest BCUT2D eigenvalue weighted by atomic mass is 9.56. The summed E-state index contributed by atoms with van der Waals surface area (Å²) in [4.78, 5) is 5.90. The highest BCUT2D eigenvalue weighted by molar-refractivity contribution is 5.85. The number of hydrogen-bond donors (Lipinski definition) is 2. The van der Waals surface area contributed by atoms with Crippen LogP contribution in [0.25, 0.3) is 10.9 Å². The number of aliphatic hydroxyl groups is 1. The number of rotatable bonds is 4. The standard InChI is InChI=1S/C29H29FN2O2/c1-34-23-9-5-8-21(14-23)28-12-13-32(18-20-6-3-2-4-7-20)19-29(28,33)16-25-24-15-22(30)10-11-26(24)31-27(25)17-28/h2-11,14-15,31,33H,12-13,16-19H2,1H3/t28-,29-/m0/s1. The molecule has 174 valence electrons. The topological polar surface area (TPSA) is 48.5 Å². The Morgan fingerprint density at radius 3 is 2.71 bits per heavy atom.